The van der Waals surface area contributed by atoms with Crippen molar-refractivity contribution in [3.63, 3.8) is 0 Å². The highest BCUT2D eigenvalue weighted by Gasteiger charge is 2.43. The quantitative estimate of drug-likeness (QED) is 0.568. The molecule has 0 unspecified atom stereocenters. The Kier molecular flexibility index (Phi) is 0.770. The van der Waals surface area contributed by atoms with Crippen molar-refractivity contribution >= 4 is 0 Å². The molecule has 1 fully saturated rings. The summed E-state index contributed by atoms with van der Waals surface area (Å²) in [6, 6.07) is 0. The Morgan fingerprint density at radius 3 is 2.89 bits per heavy atom. The summed E-state index contributed by atoms with van der Waals surface area (Å²) >= 11 is 0. The Hall–Kier alpha value is -0.790. The van der Waals surface area contributed by atoms with E-state index in [1.54, 1.807) is 12.5 Å². The van der Waals surface area contributed by atoms with Crippen LogP contribution >= 0.6 is 0 Å². The predicted octanol–water partition coefficient (Wildman–Crippen LogP) is 1.73. The molecule has 1 aliphatic carbocycles. The molecule has 0 radical (unpaired) electrons. The van der Waals surface area contributed by atoms with Crippen LogP contribution in [0, 0.1) is 0 Å². The molecule has 2 nitrogen and oxygen atoms in total. The number of oxazole rings is 1. The van der Waals surface area contributed by atoms with Crippen LogP contribution in [0.5, 0.6) is 0 Å². The first kappa shape index (κ1) is 5.03. The lowest BCUT2D eigenvalue weighted by Crippen LogP contribution is -1.98. The zero-order valence-electron chi connectivity index (χ0n) is 5.42. The minimum absolute atomic E-state index is 0.295. The Bertz CT molecular complexity index is 199. The second-order valence-corrected chi connectivity index (χ2v) is 2.90. The maximum absolute atomic E-state index is 5.15. The van der Waals surface area contributed by atoms with Crippen LogP contribution in [0.2, 0.25) is 0 Å². The fourth-order valence-corrected chi connectivity index (χ4v) is 0.923. The summed E-state index contributed by atoms with van der Waals surface area (Å²) < 4.78 is 5.15. The van der Waals surface area contributed by atoms with Gasteiger partial charge in [0, 0.05) is 5.41 Å². The molecule has 1 aliphatic rings. The van der Waals surface area contributed by atoms with E-state index in [4.69, 9.17) is 4.42 Å². The maximum Gasteiger partial charge on any atom is 0.199 e. The average Bonchev–Trinajstić information content (AvgIpc) is 2.46. The largest absolute Gasteiger partial charge is 0.448 e. The van der Waals surface area contributed by atoms with E-state index in [2.05, 4.69) is 11.9 Å². The standard InChI is InChI=1S/C7H9NO/c1-7(2-3-7)6-8-4-5-9-6/h4-5H,2-3H2,1H3. The summed E-state index contributed by atoms with van der Waals surface area (Å²) in [5.74, 6) is 0.905. The van der Waals surface area contributed by atoms with Gasteiger partial charge in [-0.1, -0.05) is 6.92 Å². The van der Waals surface area contributed by atoms with Gasteiger partial charge in [0.05, 0.1) is 6.20 Å². The van der Waals surface area contributed by atoms with E-state index in [1.807, 2.05) is 0 Å². The first-order valence-electron chi connectivity index (χ1n) is 3.21. The summed E-state index contributed by atoms with van der Waals surface area (Å²) in [7, 11) is 0. The fourth-order valence-electron chi connectivity index (χ4n) is 0.923. The third kappa shape index (κ3) is 0.661. The van der Waals surface area contributed by atoms with E-state index < -0.39 is 0 Å². The van der Waals surface area contributed by atoms with Crippen LogP contribution in [0.15, 0.2) is 16.9 Å². The molecule has 0 spiro atoms. The summed E-state index contributed by atoms with van der Waals surface area (Å²) in [5, 5.41) is 0. The van der Waals surface area contributed by atoms with E-state index >= 15 is 0 Å². The second-order valence-electron chi connectivity index (χ2n) is 2.90. The smallest absolute Gasteiger partial charge is 0.199 e. The SMILES string of the molecule is CC1(c2ncco2)CC1. The van der Waals surface area contributed by atoms with Gasteiger partial charge in [0.25, 0.3) is 0 Å². The lowest BCUT2D eigenvalue weighted by atomic mass is 10.1. The average molecular weight is 123 g/mol. The van der Waals surface area contributed by atoms with Crippen molar-refractivity contribution in [3.8, 4) is 0 Å². The highest BCUT2D eigenvalue weighted by molar-refractivity contribution is 5.11. The molecule has 1 aromatic rings. The van der Waals surface area contributed by atoms with Crippen LogP contribution < -0.4 is 0 Å². The topological polar surface area (TPSA) is 26.0 Å². The zero-order chi connectivity index (χ0) is 6.32. The van der Waals surface area contributed by atoms with Crippen molar-refractivity contribution in [2.75, 3.05) is 0 Å². The summed E-state index contributed by atoms with van der Waals surface area (Å²) in [5.41, 5.74) is 0.295. The van der Waals surface area contributed by atoms with Crippen LogP contribution in [0.3, 0.4) is 0 Å². The lowest BCUT2D eigenvalue weighted by molar-refractivity contribution is 0.450. The first-order chi connectivity index (χ1) is 4.31. The highest BCUT2D eigenvalue weighted by atomic mass is 16.3. The van der Waals surface area contributed by atoms with E-state index in [1.165, 1.54) is 12.8 Å². The van der Waals surface area contributed by atoms with Gasteiger partial charge in [-0.3, -0.25) is 0 Å². The third-order valence-corrected chi connectivity index (χ3v) is 1.95. The maximum atomic E-state index is 5.15. The van der Waals surface area contributed by atoms with Gasteiger partial charge in [-0.2, -0.15) is 0 Å². The molecule has 0 atom stereocenters. The normalized spacial score (nSPS) is 21.9. The van der Waals surface area contributed by atoms with Crippen LogP contribution in [0.25, 0.3) is 0 Å². The fraction of sp³-hybridized carbons (Fsp3) is 0.571. The van der Waals surface area contributed by atoms with Crippen LogP contribution in [0.1, 0.15) is 25.7 Å². The summed E-state index contributed by atoms with van der Waals surface area (Å²) in [6.45, 7) is 2.18. The third-order valence-electron chi connectivity index (χ3n) is 1.95. The van der Waals surface area contributed by atoms with Crippen molar-refractivity contribution < 1.29 is 4.42 Å². The molecular formula is C7H9NO. The van der Waals surface area contributed by atoms with Gasteiger partial charge in [0.1, 0.15) is 6.26 Å². The molecule has 1 aromatic heterocycles. The number of hydrogen-bond donors (Lipinski definition) is 0. The predicted molar refractivity (Wildman–Crippen MR) is 33.1 cm³/mol. The number of aromatic nitrogens is 1. The van der Waals surface area contributed by atoms with Gasteiger partial charge < -0.3 is 4.42 Å². The lowest BCUT2D eigenvalue weighted by Gasteiger charge is -1.97. The van der Waals surface area contributed by atoms with Crippen molar-refractivity contribution in [1.82, 2.24) is 4.98 Å². The van der Waals surface area contributed by atoms with Crippen LogP contribution in [0.4, 0.5) is 0 Å². The van der Waals surface area contributed by atoms with Crippen LogP contribution in [-0.4, -0.2) is 4.98 Å². The molecule has 1 heterocycles. The van der Waals surface area contributed by atoms with E-state index in [9.17, 15) is 0 Å². The first-order valence-corrected chi connectivity index (χ1v) is 3.21. The number of nitrogens with zero attached hydrogens (tertiary/aromatic N) is 1. The molecule has 0 bridgehead atoms. The Balaban J connectivity index is 2.34. The molecule has 9 heavy (non-hydrogen) atoms. The Morgan fingerprint density at radius 1 is 1.67 bits per heavy atom. The summed E-state index contributed by atoms with van der Waals surface area (Å²) in [6.07, 6.45) is 5.80. The van der Waals surface area contributed by atoms with Gasteiger partial charge in [-0.15, -0.1) is 0 Å². The molecular weight excluding hydrogens is 114 g/mol. The van der Waals surface area contributed by atoms with Crippen LogP contribution in [-0.2, 0) is 5.41 Å². The molecule has 0 aliphatic heterocycles. The summed E-state index contributed by atoms with van der Waals surface area (Å²) in [4.78, 5) is 4.08. The van der Waals surface area contributed by atoms with E-state index in [0.29, 0.717) is 5.41 Å². The van der Waals surface area contributed by atoms with Crippen molar-refractivity contribution in [2.24, 2.45) is 0 Å². The number of rotatable bonds is 1. The minimum atomic E-state index is 0.295. The van der Waals surface area contributed by atoms with Gasteiger partial charge in [0.15, 0.2) is 5.89 Å². The Morgan fingerprint density at radius 2 is 2.44 bits per heavy atom. The molecule has 0 aromatic carbocycles. The van der Waals surface area contributed by atoms with Gasteiger partial charge in [-0.25, -0.2) is 4.98 Å². The Labute approximate surface area is 53.9 Å². The molecule has 0 amide bonds. The molecule has 2 heteroatoms. The van der Waals surface area contributed by atoms with E-state index in [0.717, 1.165) is 5.89 Å². The van der Waals surface area contributed by atoms with Crippen molar-refractivity contribution in [1.29, 1.82) is 0 Å². The van der Waals surface area contributed by atoms with Gasteiger partial charge in [0.2, 0.25) is 0 Å². The molecule has 0 saturated heterocycles. The van der Waals surface area contributed by atoms with Crippen molar-refractivity contribution in [2.45, 2.75) is 25.2 Å². The van der Waals surface area contributed by atoms with Gasteiger partial charge in [-0.05, 0) is 12.8 Å². The molecule has 1 saturated carbocycles. The minimum Gasteiger partial charge on any atom is -0.448 e. The van der Waals surface area contributed by atoms with E-state index in [-0.39, 0.29) is 0 Å². The monoisotopic (exact) mass is 123 g/mol. The molecule has 0 N–H and O–H groups in total. The zero-order valence-corrected chi connectivity index (χ0v) is 5.42. The molecule has 48 valence electrons. The van der Waals surface area contributed by atoms with Crippen molar-refractivity contribution in [3.05, 3.63) is 18.4 Å². The molecule has 2 rings (SSSR count). The van der Waals surface area contributed by atoms with Gasteiger partial charge >= 0.3 is 0 Å². The number of hydrogen-bond acceptors (Lipinski definition) is 2. The second kappa shape index (κ2) is 1.38. The highest BCUT2D eigenvalue weighted by Crippen LogP contribution is 2.46.